The van der Waals surface area contributed by atoms with E-state index in [0.29, 0.717) is 6.54 Å². The van der Waals surface area contributed by atoms with E-state index in [2.05, 4.69) is 23.2 Å². The molecule has 0 spiro atoms. The van der Waals surface area contributed by atoms with E-state index in [-0.39, 0.29) is 11.9 Å². The summed E-state index contributed by atoms with van der Waals surface area (Å²) in [5.74, 6) is 0.0846. The van der Waals surface area contributed by atoms with Crippen LogP contribution in [0.3, 0.4) is 0 Å². The number of carbonyl (C=O) groups excluding carboxylic acids is 1. The summed E-state index contributed by atoms with van der Waals surface area (Å²) in [5, 5.41) is 3.00. The highest BCUT2D eigenvalue weighted by atomic mass is 16.2. The van der Waals surface area contributed by atoms with Gasteiger partial charge < -0.3 is 16.0 Å². The second kappa shape index (κ2) is 5.51. The maximum atomic E-state index is 11.9. The van der Waals surface area contributed by atoms with Crippen molar-refractivity contribution in [1.29, 1.82) is 0 Å². The lowest BCUT2D eigenvalue weighted by Gasteiger charge is -2.21. The Labute approximate surface area is 115 Å². The van der Waals surface area contributed by atoms with Gasteiger partial charge in [0, 0.05) is 24.0 Å². The Hall–Kier alpha value is -1.71. The summed E-state index contributed by atoms with van der Waals surface area (Å²) in [6.07, 6.45) is 1.95. The molecule has 1 unspecified atom stereocenters. The number of nitrogens with one attached hydrogen (secondary N) is 1. The van der Waals surface area contributed by atoms with Crippen molar-refractivity contribution < 1.29 is 4.79 Å². The number of carbonyl (C=O) groups is 1. The normalized spacial score (nSPS) is 15.2. The van der Waals surface area contributed by atoms with Crippen LogP contribution in [0.4, 0.5) is 11.4 Å². The average molecular weight is 261 g/mol. The van der Waals surface area contributed by atoms with Crippen LogP contribution >= 0.6 is 0 Å². The molecule has 0 radical (unpaired) electrons. The molecule has 0 bridgehead atoms. The van der Waals surface area contributed by atoms with Gasteiger partial charge in [-0.1, -0.05) is 13.0 Å². The maximum Gasteiger partial charge on any atom is 0.239 e. The molecule has 2 rings (SSSR count). The first-order chi connectivity index (χ1) is 9.01. The molecule has 1 aromatic carbocycles. The fraction of sp³-hybridized carbons (Fsp3) is 0.533. The van der Waals surface area contributed by atoms with E-state index in [1.165, 1.54) is 5.56 Å². The first-order valence-electron chi connectivity index (χ1n) is 6.94. The maximum absolute atomic E-state index is 11.9. The Bertz CT molecular complexity index is 485. The van der Waals surface area contributed by atoms with Gasteiger partial charge in [0.25, 0.3) is 0 Å². The SMILES string of the molecule is CCC(C)NC(=O)CN1CCc2cc(C)c(N)cc21. The van der Waals surface area contributed by atoms with Gasteiger partial charge in [0.2, 0.25) is 5.91 Å². The zero-order valence-corrected chi connectivity index (χ0v) is 12.0. The largest absolute Gasteiger partial charge is 0.398 e. The van der Waals surface area contributed by atoms with E-state index in [0.717, 1.165) is 36.3 Å². The number of nitrogens with two attached hydrogens (primary N) is 1. The summed E-state index contributed by atoms with van der Waals surface area (Å²) >= 11 is 0. The number of fused-ring (bicyclic) bond motifs is 1. The molecular formula is C15H23N3O. The number of aryl methyl sites for hydroxylation is 1. The van der Waals surface area contributed by atoms with Crippen molar-refractivity contribution in [2.45, 2.75) is 39.7 Å². The Morgan fingerprint density at radius 2 is 2.26 bits per heavy atom. The number of nitrogen functional groups attached to an aromatic ring is 1. The molecule has 3 N–H and O–H groups in total. The minimum Gasteiger partial charge on any atom is -0.398 e. The fourth-order valence-electron chi connectivity index (χ4n) is 2.40. The van der Waals surface area contributed by atoms with Crippen LogP contribution in [0, 0.1) is 6.92 Å². The van der Waals surface area contributed by atoms with Crippen LogP contribution in [-0.2, 0) is 11.2 Å². The van der Waals surface area contributed by atoms with Crippen LogP contribution in [-0.4, -0.2) is 25.0 Å². The minimum absolute atomic E-state index is 0.0846. The Morgan fingerprint density at radius 1 is 1.53 bits per heavy atom. The third kappa shape index (κ3) is 3.00. The van der Waals surface area contributed by atoms with Gasteiger partial charge in [0.05, 0.1) is 6.54 Å². The van der Waals surface area contributed by atoms with Crippen molar-refractivity contribution in [1.82, 2.24) is 5.32 Å². The van der Waals surface area contributed by atoms with Crippen LogP contribution in [0.25, 0.3) is 0 Å². The van der Waals surface area contributed by atoms with Gasteiger partial charge >= 0.3 is 0 Å². The minimum atomic E-state index is 0.0846. The zero-order chi connectivity index (χ0) is 14.0. The number of hydrogen-bond donors (Lipinski definition) is 2. The highest BCUT2D eigenvalue weighted by Gasteiger charge is 2.22. The van der Waals surface area contributed by atoms with Gasteiger partial charge in [0.15, 0.2) is 0 Å². The van der Waals surface area contributed by atoms with Gasteiger partial charge in [0.1, 0.15) is 0 Å². The molecular weight excluding hydrogens is 238 g/mol. The highest BCUT2D eigenvalue weighted by molar-refractivity contribution is 5.83. The van der Waals surface area contributed by atoms with Crippen molar-refractivity contribution in [2.24, 2.45) is 0 Å². The topological polar surface area (TPSA) is 58.4 Å². The summed E-state index contributed by atoms with van der Waals surface area (Å²) in [6, 6.07) is 4.36. The van der Waals surface area contributed by atoms with Crippen LogP contribution in [0.15, 0.2) is 12.1 Å². The van der Waals surface area contributed by atoms with Crippen LogP contribution in [0.1, 0.15) is 31.4 Å². The molecule has 0 aliphatic carbocycles. The third-order valence-corrected chi connectivity index (χ3v) is 3.81. The molecule has 1 aliphatic heterocycles. The summed E-state index contributed by atoms with van der Waals surface area (Å²) in [6.45, 7) is 7.43. The summed E-state index contributed by atoms with van der Waals surface area (Å²) in [7, 11) is 0. The van der Waals surface area contributed by atoms with Crippen molar-refractivity contribution in [3.8, 4) is 0 Å². The van der Waals surface area contributed by atoms with E-state index in [9.17, 15) is 4.79 Å². The molecule has 4 heteroatoms. The van der Waals surface area contributed by atoms with E-state index in [1.54, 1.807) is 0 Å². The number of benzene rings is 1. The first-order valence-corrected chi connectivity index (χ1v) is 6.94. The lowest BCUT2D eigenvalue weighted by molar-refractivity contribution is -0.120. The molecule has 1 aliphatic rings. The lowest BCUT2D eigenvalue weighted by atomic mass is 10.1. The molecule has 0 saturated heterocycles. The highest BCUT2D eigenvalue weighted by Crippen LogP contribution is 2.31. The average Bonchev–Trinajstić information content (AvgIpc) is 2.72. The number of amides is 1. The quantitative estimate of drug-likeness (QED) is 0.813. The first kappa shape index (κ1) is 13.7. The van der Waals surface area contributed by atoms with Crippen LogP contribution in [0.5, 0.6) is 0 Å². The van der Waals surface area contributed by atoms with Crippen molar-refractivity contribution >= 4 is 17.3 Å². The van der Waals surface area contributed by atoms with Crippen LogP contribution < -0.4 is 16.0 Å². The summed E-state index contributed by atoms with van der Waals surface area (Å²) < 4.78 is 0. The number of hydrogen-bond acceptors (Lipinski definition) is 3. The predicted molar refractivity (Wildman–Crippen MR) is 79.4 cm³/mol. The molecule has 1 amide bonds. The molecule has 1 atom stereocenters. The molecule has 104 valence electrons. The Kier molecular flexibility index (Phi) is 3.98. The second-order valence-electron chi connectivity index (χ2n) is 5.39. The van der Waals surface area contributed by atoms with Gasteiger partial charge in [-0.2, -0.15) is 0 Å². The van der Waals surface area contributed by atoms with E-state index >= 15 is 0 Å². The van der Waals surface area contributed by atoms with E-state index in [4.69, 9.17) is 5.73 Å². The van der Waals surface area contributed by atoms with Crippen molar-refractivity contribution in [3.05, 3.63) is 23.3 Å². The Morgan fingerprint density at radius 3 is 2.95 bits per heavy atom. The molecule has 0 aromatic heterocycles. The van der Waals surface area contributed by atoms with Crippen molar-refractivity contribution in [2.75, 3.05) is 23.7 Å². The van der Waals surface area contributed by atoms with E-state index < -0.39 is 0 Å². The van der Waals surface area contributed by atoms with Gasteiger partial charge in [-0.3, -0.25) is 4.79 Å². The second-order valence-corrected chi connectivity index (χ2v) is 5.39. The molecule has 4 nitrogen and oxygen atoms in total. The van der Waals surface area contributed by atoms with E-state index in [1.807, 2.05) is 19.9 Å². The van der Waals surface area contributed by atoms with Gasteiger partial charge in [-0.05, 0) is 43.9 Å². The number of rotatable bonds is 4. The molecule has 0 saturated carbocycles. The third-order valence-electron chi connectivity index (χ3n) is 3.81. The Balaban J connectivity index is 2.06. The van der Waals surface area contributed by atoms with Gasteiger partial charge in [-0.25, -0.2) is 0 Å². The smallest absolute Gasteiger partial charge is 0.239 e. The fourth-order valence-corrected chi connectivity index (χ4v) is 2.40. The molecule has 19 heavy (non-hydrogen) atoms. The molecule has 0 fully saturated rings. The standard InChI is InChI=1S/C15H23N3O/c1-4-11(3)17-15(19)9-18-6-5-12-7-10(2)13(16)8-14(12)18/h7-8,11H,4-6,9,16H2,1-3H3,(H,17,19). The monoisotopic (exact) mass is 261 g/mol. The molecule has 1 heterocycles. The zero-order valence-electron chi connectivity index (χ0n) is 12.0. The van der Waals surface area contributed by atoms with Crippen molar-refractivity contribution in [3.63, 3.8) is 0 Å². The lowest BCUT2D eigenvalue weighted by Crippen LogP contribution is -2.40. The summed E-state index contributed by atoms with van der Waals surface area (Å²) in [5.41, 5.74) is 10.3. The number of nitrogens with zero attached hydrogens (tertiary/aromatic N) is 1. The van der Waals surface area contributed by atoms with Crippen LogP contribution in [0.2, 0.25) is 0 Å². The molecule has 1 aromatic rings. The van der Waals surface area contributed by atoms with Gasteiger partial charge in [-0.15, -0.1) is 0 Å². The predicted octanol–water partition coefficient (Wildman–Crippen LogP) is 1.85. The number of anilines is 2. The summed E-state index contributed by atoms with van der Waals surface area (Å²) in [4.78, 5) is 14.1.